The third kappa shape index (κ3) is 24.4. The van der Waals surface area contributed by atoms with Crippen LogP contribution in [0.5, 0.6) is 0 Å². The van der Waals surface area contributed by atoms with Crippen molar-refractivity contribution < 1.29 is 52.7 Å². The number of unbranched alkanes of at least 4 members (excludes halogenated alkanes) is 3. The van der Waals surface area contributed by atoms with Crippen molar-refractivity contribution in [2.75, 3.05) is 26.2 Å². The molecule has 0 saturated carbocycles. The molecule has 1 rings (SSSR count). The summed E-state index contributed by atoms with van der Waals surface area (Å²) in [4.78, 5) is 148. The molecular formula is C40H70N16O11. The number of imidazole rings is 1. The molecule has 0 fully saturated rings. The summed E-state index contributed by atoms with van der Waals surface area (Å²) in [6.45, 7) is 2.71. The maximum absolute atomic E-state index is 14.0. The molecule has 0 aliphatic carbocycles. The number of nitrogens with two attached hydrogens (primary N) is 6. The fourth-order valence-corrected chi connectivity index (χ4v) is 6.37. The van der Waals surface area contributed by atoms with E-state index in [1.54, 1.807) is 0 Å². The molecule has 376 valence electrons. The van der Waals surface area contributed by atoms with Crippen LogP contribution >= 0.6 is 0 Å². The normalized spacial score (nSPS) is 14.0. The molecule has 27 heteroatoms. The zero-order chi connectivity index (χ0) is 50.5. The largest absolute Gasteiger partial charge is 0.370 e. The first-order valence-corrected chi connectivity index (χ1v) is 22.0. The van der Waals surface area contributed by atoms with Gasteiger partial charge in [0.1, 0.15) is 42.3 Å². The Morgan fingerprint density at radius 3 is 1.49 bits per heavy atom. The SMILES string of the molecule is CC(=O)N[C@@H](CCCCN)C(=O)N[C@@H](CC(N)=O)C(=O)N[C@@H](C)C(=O)N[C@@H](Cc1cnc[nH]1)C(=O)N[C@@H](CCCCN)C(=O)N[C@@H](CCCCN)C(=O)NCC(=O)N[C@@H](CCC(N)=O)C(N)=O. The molecule has 27 nitrogen and oxygen atoms in total. The molecule has 0 bridgehead atoms. The lowest BCUT2D eigenvalue weighted by Crippen LogP contribution is -2.60. The quantitative estimate of drug-likeness (QED) is 0.0282. The zero-order valence-corrected chi connectivity index (χ0v) is 38.1. The van der Waals surface area contributed by atoms with Crippen molar-refractivity contribution in [1.82, 2.24) is 52.5 Å². The van der Waals surface area contributed by atoms with E-state index in [2.05, 4.69) is 52.5 Å². The summed E-state index contributed by atoms with van der Waals surface area (Å²) in [6, 6.07) is -9.19. The topological polar surface area (TPSA) is 469 Å². The number of amides is 11. The van der Waals surface area contributed by atoms with E-state index in [0.717, 1.165) is 0 Å². The molecule has 0 aliphatic heterocycles. The monoisotopic (exact) mass is 951 g/mol. The lowest BCUT2D eigenvalue weighted by atomic mass is 10.0. The van der Waals surface area contributed by atoms with Gasteiger partial charge >= 0.3 is 0 Å². The Hall–Kier alpha value is -6.74. The van der Waals surface area contributed by atoms with Gasteiger partial charge in [-0.1, -0.05) is 0 Å². The predicted octanol–water partition coefficient (Wildman–Crippen LogP) is -6.49. The molecule has 0 unspecified atom stereocenters. The van der Waals surface area contributed by atoms with Gasteiger partial charge in [0, 0.05) is 31.7 Å². The number of hydrogen-bond acceptors (Lipinski definition) is 15. The number of aromatic nitrogens is 2. The van der Waals surface area contributed by atoms with Crippen LogP contribution in [0.4, 0.5) is 0 Å². The molecular weight excluding hydrogens is 881 g/mol. The van der Waals surface area contributed by atoms with Crippen molar-refractivity contribution in [3.8, 4) is 0 Å². The first kappa shape index (κ1) is 58.3. The van der Waals surface area contributed by atoms with E-state index in [4.69, 9.17) is 34.4 Å². The molecule has 0 radical (unpaired) electrons. The summed E-state index contributed by atoms with van der Waals surface area (Å²) in [5, 5.41) is 19.8. The van der Waals surface area contributed by atoms with Crippen molar-refractivity contribution in [3.05, 3.63) is 18.2 Å². The summed E-state index contributed by atoms with van der Waals surface area (Å²) in [7, 11) is 0. The molecule has 67 heavy (non-hydrogen) atoms. The minimum atomic E-state index is -1.56. The van der Waals surface area contributed by atoms with E-state index in [0.29, 0.717) is 50.8 Å². The third-order valence-electron chi connectivity index (χ3n) is 9.98. The van der Waals surface area contributed by atoms with Gasteiger partial charge in [-0.3, -0.25) is 52.7 Å². The van der Waals surface area contributed by atoms with Gasteiger partial charge < -0.3 is 81.9 Å². The van der Waals surface area contributed by atoms with Crippen LogP contribution in [-0.4, -0.2) is 143 Å². The van der Waals surface area contributed by atoms with Crippen LogP contribution in [0.2, 0.25) is 0 Å². The van der Waals surface area contributed by atoms with E-state index in [9.17, 15) is 52.7 Å². The molecule has 0 aromatic carbocycles. The summed E-state index contributed by atoms with van der Waals surface area (Å²) in [6.07, 6.45) is 4.40. The first-order valence-electron chi connectivity index (χ1n) is 22.0. The number of hydrogen-bond donors (Lipinski definition) is 15. The molecule has 7 atom stereocenters. The minimum Gasteiger partial charge on any atom is -0.370 e. The van der Waals surface area contributed by atoms with Crippen LogP contribution in [0.1, 0.15) is 96.6 Å². The van der Waals surface area contributed by atoms with Crippen molar-refractivity contribution in [1.29, 1.82) is 0 Å². The van der Waals surface area contributed by atoms with E-state index in [1.807, 2.05) is 0 Å². The highest BCUT2D eigenvalue weighted by Crippen LogP contribution is 2.09. The lowest BCUT2D eigenvalue weighted by Gasteiger charge is -2.26. The Morgan fingerprint density at radius 1 is 0.552 bits per heavy atom. The summed E-state index contributed by atoms with van der Waals surface area (Å²) in [5.74, 6) is -9.04. The molecule has 0 aliphatic rings. The highest BCUT2D eigenvalue weighted by Gasteiger charge is 2.33. The Balaban J connectivity index is 3.28. The number of nitrogens with one attached hydrogen (secondary N) is 9. The van der Waals surface area contributed by atoms with E-state index in [-0.39, 0.29) is 51.6 Å². The molecule has 0 saturated heterocycles. The minimum absolute atomic E-state index is 0.0358. The van der Waals surface area contributed by atoms with Crippen molar-refractivity contribution in [2.24, 2.45) is 34.4 Å². The van der Waals surface area contributed by atoms with Crippen molar-refractivity contribution >= 4 is 65.0 Å². The third-order valence-corrected chi connectivity index (χ3v) is 9.98. The number of aromatic amines is 1. The Kier molecular flexibility index (Phi) is 27.8. The second-order valence-corrected chi connectivity index (χ2v) is 15.8. The van der Waals surface area contributed by atoms with Gasteiger partial charge in [-0.2, -0.15) is 0 Å². The highest BCUT2D eigenvalue weighted by molar-refractivity contribution is 5.98. The van der Waals surface area contributed by atoms with E-state index < -0.39 is 120 Å². The molecule has 11 amide bonds. The van der Waals surface area contributed by atoms with Crippen LogP contribution < -0.4 is 76.9 Å². The Bertz CT molecular complexity index is 1820. The van der Waals surface area contributed by atoms with Crippen LogP contribution in [0, 0.1) is 0 Å². The second kappa shape index (κ2) is 32.0. The number of rotatable bonds is 35. The number of H-pyrrole nitrogens is 1. The van der Waals surface area contributed by atoms with Crippen LogP contribution in [0.25, 0.3) is 0 Å². The van der Waals surface area contributed by atoms with Gasteiger partial charge in [0.05, 0.1) is 19.3 Å². The summed E-state index contributed by atoms with van der Waals surface area (Å²) < 4.78 is 0. The second-order valence-electron chi connectivity index (χ2n) is 15.8. The highest BCUT2D eigenvalue weighted by atomic mass is 16.2. The van der Waals surface area contributed by atoms with Crippen LogP contribution in [-0.2, 0) is 59.2 Å². The first-order chi connectivity index (χ1) is 31.7. The summed E-state index contributed by atoms with van der Waals surface area (Å²) >= 11 is 0. The number of nitrogens with zero attached hydrogens (tertiary/aromatic N) is 1. The standard InChI is InChI=1S/C40H70N16O11/c1-22(50-39(66)30(18-32(45)59)56-37(64)27(51-23(2)57)10-4-7-15-42)35(62)55-29(17-24-19-47-21-49-24)40(67)54-28(11-5-8-16-43)38(65)53-26(9-3-6-14-41)36(63)48-20-33(60)52-25(34(46)61)12-13-31(44)58/h19,21-22,25-30H,3-18,20,41-43H2,1-2H3,(H2,44,58)(H2,45,59)(H2,46,61)(H,47,49)(H,48,63)(H,50,66)(H,51,57)(H,52,60)(H,53,65)(H,54,67)(H,55,62)(H,56,64)/t22-,25-,26-,27-,28-,29-,30-/m0/s1. The fraction of sp³-hybridized carbons (Fsp3) is 0.650. The Morgan fingerprint density at radius 2 is 1.03 bits per heavy atom. The van der Waals surface area contributed by atoms with Crippen LogP contribution in [0.15, 0.2) is 12.5 Å². The van der Waals surface area contributed by atoms with E-state index in [1.165, 1.54) is 26.4 Å². The van der Waals surface area contributed by atoms with Crippen molar-refractivity contribution in [3.63, 3.8) is 0 Å². The van der Waals surface area contributed by atoms with Gasteiger partial charge in [0.2, 0.25) is 65.0 Å². The number of primary amides is 3. The number of carbonyl (C=O) groups excluding carboxylic acids is 11. The molecule has 1 aromatic rings. The maximum Gasteiger partial charge on any atom is 0.243 e. The number of carbonyl (C=O) groups is 11. The molecule has 0 spiro atoms. The van der Waals surface area contributed by atoms with E-state index >= 15 is 0 Å². The van der Waals surface area contributed by atoms with Gasteiger partial charge in [-0.15, -0.1) is 0 Å². The fourth-order valence-electron chi connectivity index (χ4n) is 6.37. The summed E-state index contributed by atoms with van der Waals surface area (Å²) in [5.41, 5.74) is 33.1. The molecule has 1 aromatic heterocycles. The average Bonchev–Trinajstić information content (AvgIpc) is 3.78. The van der Waals surface area contributed by atoms with Crippen molar-refractivity contribution in [2.45, 2.75) is 140 Å². The smallest absolute Gasteiger partial charge is 0.243 e. The predicted molar refractivity (Wildman–Crippen MR) is 240 cm³/mol. The lowest BCUT2D eigenvalue weighted by molar-refractivity contribution is -0.136. The Labute approximate surface area is 388 Å². The molecule has 1 heterocycles. The van der Waals surface area contributed by atoms with Gasteiger partial charge in [0.25, 0.3) is 0 Å². The zero-order valence-electron chi connectivity index (χ0n) is 38.1. The van der Waals surface area contributed by atoms with Gasteiger partial charge in [0.15, 0.2) is 0 Å². The average molecular weight is 951 g/mol. The maximum atomic E-state index is 14.0. The van der Waals surface area contributed by atoms with Gasteiger partial charge in [-0.25, -0.2) is 4.98 Å². The molecule has 21 N–H and O–H groups in total. The van der Waals surface area contributed by atoms with Crippen LogP contribution in [0.3, 0.4) is 0 Å². The van der Waals surface area contributed by atoms with Gasteiger partial charge in [-0.05, 0) is 90.8 Å².